The fourth-order valence-electron chi connectivity index (χ4n) is 1.91. The van der Waals surface area contributed by atoms with E-state index in [2.05, 4.69) is 17.3 Å². The molecule has 0 radical (unpaired) electrons. The summed E-state index contributed by atoms with van der Waals surface area (Å²) in [6.07, 6.45) is 0. The third-order valence-electron chi connectivity index (χ3n) is 3.11. The third-order valence-corrected chi connectivity index (χ3v) is 3.11. The molecule has 0 aromatic heterocycles. The molecule has 0 saturated carbocycles. The summed E-state index contributed by atoms with van der Waals surface area (Å²) in [4.78, 5) is 16.1. The summed E-state index contributed by atoms with van der Waals surface area (Å²) in [6.45, 7) is 3.38. The lowest BCUT2D eigenvalue weighted by molar-refractivity contribution is 0.164. The molecule has 0 bridgehead atoms. The van der Waals surface area contributed by atoms with Gasteiger partial charge in [0.2, 0.25) is 0 Å². The molecule has 5 nitrogen and oxygen atoms in total. The van der Waals surface area contributed by atoms with Gasteiger partial charge in [0.1, 0.15) is 5.75 Å². The van der Waals surface area contributed by atoms with E-state index in [9.17, 15) is 4.79 Å². The highest BCUT2D eigenvalue weighted by Crippen LogP contribution is 2.17. The first kappa shape index (κ1) is 12.7. The van der Waals surface area contributed by atoms with Crippen molar-refractivity contribution in [2.24, 2.45) is 0 Å². The number of urea groups is 1. The second kappa shape index (κ2) is 5.73. The second-order valence-corrected chi connectivity index (χ2v) is 4.45. The normalized spacial score (nSPS) is 16.4. The summed E-state index contributed by atoms with van der Waals surface area (Å²) in [5.41, 5.74) is 0.762. The van der Waals surface area contributed by atoms with E-state index in [1.54, 1.807) is 7.11 Å². The van der Waals surface area contributed by atoms with Gasteiger partial charge >= 0.3 is 6.03 Å². The van der Waals surface area contributed by atoms with E-state index in [-0.39, 0.29) is 6.03 Å². The molecule has 0 spiro atoms. The zero-order valence-corrected chi connectivity index (χ0v) is 10.8. The molecule has 1 aliphatic heterocycles. The molecule has 2 amide bonds. The summed E-state index contributed by atoms with van der Waals surface area (Å²) < 4.78 is 5.12. The molecular weight excluding hydrogens is 230 g/mol. The van der Waals surface area contributed by atoms with Gasteiger partial charge in [0.05, 0.1) is 7.11 Å². The van der Waals surface area contributed by atoms with Gasteiger partial charge < -0.3 is 19.9 Å². The number of amides is 2. The van der Waals surface area contributed by atoms with Crippen LogP contribution < -0.4 is 10.1 Å². The zero-order chi connectivity index (χ0) is 13.0. The molecular formula is C13H19N3O2. The minimum Gasteiger partial charge on any atom is -0.497 e. The minimum absolute atomic E-state index is 0.0450. The topological polar surface area (TPSA) is 44.8 Å². The number of likely N-dealkylation sites (N-methyl/N-ethyl adjacent to an activating group) is 1. The predicted molar refractivity (Wildman–Crippen MR) is 71.1 cm³/mol. The quantitative estimate of drug-likeness (QED) is 0.863. The lowest BCUT2D eigenvalue weighted by atomic mass is 10.3. The van der Waals surface area contributed by atoms with E-state index in [1.165, 1.54) is 0 Å². The molecule has 1 saturated heterocycles. The highest BCUT2D eigenvalue weighted by atomic mass is 16.5. The van der Waals surface area contributed by atoms with Crippen LogP contribution in [0.4, 0.5) is 10.5 Å². The highest BCUT2D eigenvalue weighted by Gasteiger charge is 2.18. The van der Waals surface area contributed by atoms with Crippen LogP contribution in [0.2, 0.25) is 0 Å². The third kappa shape index (κ3) is 3.13. The van der Waals surface area contributed by atoms with Gasteiger partial charge in [-0.3, -0.25) is 0 Å². The number of carbonyl (C=O) groups is 1. The molecule has 1 aliphatic rings. The van der Waals surface area contributed by atoms with Gasteiger partial charge in [-0.2, -0.15) is 0 Å². The molecule has 1 N–H and O–H groups in total. The number of hydrogen-bond donors (Lipinski definition) is 1. The van der Waals surface area contributed by atoms with Crippen LogP contribution in [0.25, 0.3) is 0 Å². The number of hydrogen-bond acceptors (Lipinski definition) is 3. The van der Waals surface area contributed by atoms with Crippen LogP contribution in [0.5, 0.6) is 5.75 Å². The van der Waals surface area contributed by atoms with E-state index >= 15 is 0 Å². The lowest BCUT2D eigenvalue weighted by Crippen LogP contribution is -2.48. The Balaban J connectivity index is 1.94. The Morgan fingerprint density at radius 1 is 1.28 bits per heavy atom. The van der Waals surface area contributed by atoms with Crippen LogP contribution >= 0.6 is 0 Å². The Bertz CT molecular complexity index is 414. The maximum Gasteiger partial charge on any atom is 0.321 e. The Hall–Kier alpha value is -1.75. The maximum absolute atomic E-state index is 12.0. The number of benzene rings is 1. The van der Waals surface area contributed by atoms with Crippen LogP contribution in [0.15, 0.2) is 24.3 Å². The number of rotatable bonds is 2. The first-order valence-electron chi connectivity index (χ1n) is 6.07. The van der Waals surface area contributed by atoms with Crippen molar-refractivity contribution in [2.75, 3.05) is 45.7 Å². The smallest absolute Gasteiger partial charge is 0.321 e. The molecule has 1 heterocycles. The van der Waals surface area contributed by atoms with Crippen molar-refractivity contribution in [3.8, 4) is 5.75 Å². The number of ether oxygens (including phenoxy) is 1. The van der Waals surface area contributed by atoms with Crippen molar-refractivity contribution < 1.29 is 9.53 Å². The Kier molecular flexibility index (Phi) is 4.04. The van der Waals surface area contributed by atoms with Crippen molar-refractivity contribution in [3.63, 3.8) is 0 Å². The van der Waals surface area contributed by atoms with Crippen molar-refractivity contribution in [1.82, 2.24) is 9.80 Å². The Labute approximate surface area is 107 Å². The van der Waals surface area contributed by atoms with Crippen molar-refractivity contribution in [1.29, 1.82) is 0 Å². The number of carbonyl (C=O) groups excluding carboxylic acids is 1. The Morgan fingerprint density at radius 2 is 2.00 bits per heavy atom. The summed E-state index contributed by atoms with van der Waals surface area (Å²) in [5.74, 6) is 0.742. The monoisotopic (exact) mass is 249 g/mol. The van der Waals surface area contributed by atoms with Gasteiger partial charge in [-0.1, -0.05) is 6.07 Å². The van der Waals surface area contributed by atoms with E-state index in [1.807, 2.05) is 29.2 Å². The van der Waals surface area contributed by atoms with E-state index < -0.39 is 0 Å². The molecule has 5 heteroatoms. The fourth-order valence-corrected chi connectivity index (χ4v) is 1.91. The van der Waals surface area contributed by atoms with Crippen LogP contribution in [0, 0.1) is 0 Å². The van der Waals surface area contributed by atoms with Gasteiger partial charge in [0.25, 0.3) is 0 Å². The fraction of sp³-hybridized carbons (Fsp3) is 0.462. The largest absolute Gasteiger partial charge is 0.497 e. The number of anilines is 1. The van der Waals surface area contributed by atoms with Crippen molar-refractivity contribution in [2.45, 2.75) is 0 Å². The highest BCUT2D eigenvalue weighted by molar-refractivity contribution is 5.89. The van der Waals surface area contributed by atoms with E-state index in [4.69, 9.17) is 4.74 Å². The van der Waals surface area contributed by atoms with E-state index in [0.717, 1.165) is 37.6 Å². The zero-order valence-electron chi connectivity index (χ0n) is 10.8. The first-order chi connectivity index (χ1) is 8.69. The number of nitrogens with zero attached hydrogens (tertiary/aromatic N) is 2. The molecule has 1 fully saturated rings. The molecule has 2 rings (SSSR count). The van der Waals surface area contributed by atoms with Crippen molar-refractivity contribution >= 4 is 11.7 Å². The van der Waals surface area contributed by atoms with Crippen LogP contribution in [0.1, 0.15) is 0 Å². The molecule has 1 aromatic rings. The van der Waals surface area contributed by atoms with Gasteiger partial charge in [-0.05, 0) is 19.2 Å². The van der Waals surface area contributed by atoms with Crippen LogP contribution in [-0.2, 0) is 0 Å². The molecule has 18 heavy (non-hydrogen) atoms. The molecule has 0 atom stereocenters. The molecule has 0 aliphatic carbocycles. The first-order valence-corrected chi connectivity index (χ1v) is 6.07. The number of piperazine rings is 1. The molecule has 1 aromatic carbocycles. The summed E-state index contributed by atoms with van der Waals surface area (Å²) in [5, 5.41) is 2.89. The molecule has 98 valence electrons. The average molecular weight is 249 g/mol. The van der Waals surface area contributed by atoms with Crippen molar-refractivity contribution in [3.05, 3.63) is 24.3 Å². The average Bonchev–Trinajstić information content (AvgIpc) is 2.39. The summed E-state index contributed by atoms with van der Waals surface area (Å²) >= 11 is 0. The van der Waals surface area contributed by atoms with Gasteiger partial charge in [0.15, 0.2) is 0 Å². The van der Waals surface area contributed by atoms with Gasteiger partial charge in [-0.25, -0.2) is 4.79 Å². The van der Waals surface area contributed by atoms with Gasteiger partial charge in [-0.15, -0.1) is 0 Å². The SMILES string of the molecule is COc1cccc(NC(=O)N2CCN(C)CC2)c1. The second-order valence-electron chi connectivity index (χ2n) is 4.45. The Morgan fingerprint density at radius 3 is 2.67 bits per heavy atom. The maximum atomic E-state index is 12.0. The number of methoxy groups -OCH3 is 1. The lowest BCUT2D eigenvalue weighted by Gasteiger charge is -2.32. The molecule has 0 unspecified atom stereocenters. The predicted octanol–water partition coefficient (Wildman–Crippen LogP) is 1.47. The standard InChI is InChI=1S/C13H19N3O2/c1-15-6-8-16(9-7-15)13(17)14-11-4-3-5-12(10-11)18-2/h3-5,10H,6-9H2,1-2H3,(H,14,17). The summed E-state index contributed by atoms with van der Waals surface area (Å²) in [7, 11) is 3.68. The number of nitrogens with one attached hydrogen (secondary N) is 1. The summed E-state index contributed by atoms with van der Waals surface area (Å²) in [6, 6.07) is 7.34. The van der Waals surface area contributed by atoms with Crippen LogP contribution in [0.3, 0.4) is 0 Å². The minimum atomic E-state index is -0.0450. The van der Waals surface area contributed by atoms with Crippen LogP contribution in [-0.4, -0.2) is 56.2 Å². The van der Waals surface area contributed by atoms with Gasteiger partial charge in [0, 0.05) is 37.9 Å². The van der Waals surface area contributed by atoms with E-state index in [0.29, 0.717) is 0 Å².